The lowest BCUT2D eigenvalue weighted by Gasteiger charge is -2.28. The molecule has 0 fully saturated rings. The maximum Gasteiger partial charge on any atom is 0.303 e. The molecule has 0 saturated heterocycles. The van der Waals surface area contributed by atoms with E-state index in [1.54, 1.807) is 40.2 Å². The zero-order chi connectivity index (χ0) is 25.9. The molecule has 0 radical (unpaired) electrons. The van der Waals surface area contributed by atoms with Crippen LogP contribution < -0.4 is 14.9 Å². The van der Waals surface area contributed by atoms with Gasteiger partial charge < -0.3 is 14.6 Å². The van der Waals surface area contributed by atoms with Crippen LogP contribution in [0.4, 0.5) is 0 Å². The number of hydrogen-bond donors (Lipinski definition) is 1. The second-order valence-corrected chi connectivity index (χ2v) is 9.58. The van der Waals surface area contributed by atoms with Crippen LogP contribution in [-0.2, 0) is 15.0 Å². The fourth-order valence-corrected chi connectivity index (χ4v) is 4.47. The summed E-state index contributed by atoms with van der Waals surface area (Å²) >= 11 is 0. The molecule has 1 aliphatic rings. The Labute approximate surface area is 206 Å². The van der Waals surface area contributed by atoms with Gasteiger partial charge in [0, 0.05) is 29.2 Å². The molecule has 0 bridgehead atoms. The molecule has 6 heteroatoms. The van der Waals surface area contributed by atoms with Gasteiger partial charge in [-0.15, -0.1) is 0 Å². The average molecular weight is 477 g/mol. The van der Waals surface area contributed by atoms with Crippen LogP contribution in [0.5, 0.6) is 11.5 Å². The van der Waals surface area contributed by atoms with E-state index in [4.69, 9.17) is 14.6 Å². The van der Waals surface area contributed by atoms with Crippen molar-refractivity contribution in [1.29, 1.82) is 0 Å². The van der Waals surface area contributed by atoms with E-state index in [-0.39, 0.29) is 23.6 Å². The molecule has 0 spiro atoms. The second kappa shape index (κ2) is 10.4. The van der Waals surface area contributed by atoms with Crippen LogP contribution in [0.3, 0.4) is 0 Å². The third-order valence-electron chi connectivity index (χ3n) is 6.44. The minimum atomic E-state index is -0.941. The summed E-state index contributed by atoms with van der Waals surface area (Å²) < 4.78 is 11.4. The summed E-state index contributed by atoms with van der Waals surface area (Å²) in [5.41, 5.74) is 1.49. The molecule has 0 saturated carbocycles. The molecule has 1 N–H and O–H groups in total. The summed E-state index contributed by atoms with van der Waals surface area (Å²) in [6.07, 6.45) is 3.53. The highest BCUT2D eigenvalue weighted by Crippen LogP contribution is 2.43. The fourth-order valence-electron chi connectivity index (χ4n) is 4.47. The lowest BCUT2D eigenvalue weighted by Crippen LogP contribution is -2.33. The summed E-state index contributed by atoms with van der Waals surface area (Å²) in [6.45, 7) is 7.66. The van der Waals surface area contributed by atoms with Crippen LogP contribution in [0.1, 0.15) is 76.0 Å². The molecule has 0 aromatic heterocycles. The maximum atomic E-state index is 13.4. The lowest BCUT2D eigenvalue weighted by atomic mass is 9.72. The number of ketones is 1. The molecule has 0 atom stereocenters. The van der Waals surface area contributed by atoms with Gasteiger partial charge in [-0.05, 0) is 68.0 Å². The third kappa shape index (κ3) is 5.09. The SMILES string of the molecule is COc1c(C(C)C)cc2c(=O)cc3c(cc2c1OC)C=C(C#CCCCCC(=O)O)C(=O)C3(C)C. The zero-order valence-corrected chi connectivity index (χ0v) is 21.2. The molecule has 0 aliphatic heterocycles. The molecular formula is C29H32O6. The van der Waals surface area contributed by atoms with E-state index < -0.39 is 11.4 Å². The third-order valence-corrected chi connectivity index (χ3v) is 6.44. The van der Waals surface area contributed by atoms with Gasteiger partial charge in [-0.1, -0.05) is 25.7 Å². The predicted molar refractivity (Wildman–Crippen MR) is 137 cm³/mol. The summed E-state index contributed by atoms with van der Waals surface area (Å²) in [4.78, 5) is 37.4. The van der Waals surface area contributed by atoms with E-state index in [0.29, 0.717) is 52.7 Å². The van der Waals surface area contributed by atoms with Crippen LogP contribution in [-0.4, -0.2) is 31.1 Å². The number of hydrogen-bond acceptors (Lipinski definition) is 5. The average Bonchev–Trinajstić information content (AvgIpc) is 2.94. The topological polar surface area (TPSA) is 89.9 Å². The summed E-state index contributed by atoms with van der Waals surface area (Å²) in [7, 11) is 3.13. The highest BCUT2D eigenvalue weighted by molar-refractivity contribution is 6.13. The van der Waals surface area contributed by atoms with E-state index in [1.807, 2.05) is 26.0 Å². The zero-order valence-electron chi connectivity index (χ0n) is 21.2. The van der Waals surface area contributed by atoms with E-state index in [1.165, 1.54) is 0 Å². The smallest absolute Gasteiger partial charge is 0.303 e. The summed E-state index contributed by atoms with van der Waals surface area (Å²) in [6, 6.07) is 5.28. The number of carboxylic acid groups (broad SMARTS) is 1. The van der Waals surface area contributed by atoms with Gasteiger partial charge in [0.15, 0.2) is 22.7 Å². The highest BCUT2D eigenvalue weighted by Gasteiger charge is 2.37. The van der Waals surface area contributed by atoms with Crippen molar-refractivity contribution in [2.45, 2.75) is 64.7 Å². The molecule has 2 aromatic rings. The highest BCUT2D eigenvalue weighted by atomic mass is 16.5. The quantitative estimate of drug-likeness (QED) is 0.435. The largest absolute Gasteiger partial charge is 0.493 e. The molecule has 0 amide bonds. The van der Waals surface area contributed by atoms with Crippen molar-refractivity contribution >= 4 is 28.6 Å². The van der Waals surface area contributed by atoms with Crippen LogP contribution in [0.25, 0.3) is 16.8 Å². The van der Waals surface area contributed by atoms with E-state index in [0.717, 1.165) is 11.1 Å². The Morgan fingerprint density at radius 1 is 1.03 bits per heavy atom. The number of Topliss-reactive ketones (excluding diaryl/α,β-unsaturated/α-hetero) is 1. The van der Waals surface area contributed by atoms with Gasteiger partial charge in [0.05, 0.1) is 25.2 Å². The molecule has 0 heterocycles. The minimum Gasteiger partial charge on any atom is -0.493 e. The number of rotatable bonds is 7. The first-order valence-electron chi connectivity index (χ1n) is 11.8. The Kier molecular flexibility index (Phi) is 7.70. The van der Waals surface area contributed by atoms with E-state index in [9.17, 15) is 14.4 Å². The van der Waals surface area contributed by atoms with Gasteiger partial charge in [0.1, 0.15) is 0 Å². The number of carboxylic acids is 1. The van der Waals surface area contributed by atoms with Gasteiger partial charge in [0.25, 0.3) is 0 Å². The number of unbranched alkanes of at least 4 members (excludes halogenated alkanes) is 2. The Balaban J connectivity index is 2.22. The van der Waals surface area contributed by atoms with Crippen molar-refractivity contribution in [1.82, 2.24) is 0 Å². The number of aliphatic carboxylic acids is 1. The first-order chi connectivity index (χ1) is 16.5. The van der Waals surface area contributed by atoms with Crippen LogP contribution in [0, 0.1) is 11.8 Å². The number of fused-ring (bicyclic) bond motifs is 2. The van der Waals surface area contributed by atoms with Gasteiger partial charge in [-0.25, -0.2) is 0 Å². The van der Waals surface area contributed by atoms with Crippen LogP contribution in [0.15, 0.2) is 28.6 Å². The number of carbonyl (C=O) groups is 2. The molecule has 184 valence electrons. The molecular weight excluding hydrogens is 444 g/mol. The number of methoxy groups -OCH3 is 2. The molecule has 35 heavy (non-hydrogen) atoms. The maximum absolute atomic E-state index is 13.4. The van der Waals surface area contributed by atoms with Crippen molar-refractivity contribution in [2.24, 2.45) is 0 Å². The molecule has 6 nitrogen and oxygen atoms in total. The van der Waals surface area contributed by atoms with Gasteiger partial charge in [0.2, 0.25) is 0 Å². The van der Waals surface area contributed by atoms with E-state index >= 15 is 0 Å². The Morgan fingerprint density at radius 3 is 2.31 bits per heavy atom. The number of ether oxygens (including phenoxy) is 2. The van der Waals surface area contributed by atoms with Gasteiger partial charge in [-0.2, -0.15) is 0 Å². The molecule has 2 aromatic carbocycles. The predicted octanol–water partition coefficient (Wildman–Crippen LogP) is 5.23. The monoisotopic (exact) mass is 476 g/mol. The van der Waals surface area contributed by atoms with Crippen LogP contribution in [0.2, 0.25) is 0 Å². The Hall–Kier alpha value is -3.59. The van der Waals surface area contributed by atoms with Crippen molar-refractivity contribution in [3.05, 3.63) is 50.7 Å². The molecule has 0 unspecified atom stereocenters. The summed E-state index contributed by atoms with van der Waals surface area (Å²) in [5.74, 6) is 6.20. The van der Waals surface area contributed by atoms with E-state index in [2.05, 4.69) is 11.8 Å². The van der Waals surface area contributed by atoms with Crippen molar-refractivity contribution in [3.8, 4) is 23.3 Å². The fraction of sp³-hybridized carbons (Fsp3) is 0.414. The number of carbonyl (C=O) groups excluding carboxylic acids is 1. The normalized spacial score (nSPS) is 14.1. The lowest BCUT2D eigenvalue weighted by molar-refractivity contribution is -0.137. The molecule has 1 aliphatic carbocycles. The number of allylic oxidation sites excluding steroid dienone is 1. The number of benzene rings is 1. The molecule has 3 rings (SSSR count). The summed E-state index contributed by atoms with van der Waals surface area (Å²) in [5, 5.41) is 9.87. The van der Waals surface area contributed by atoms with Crippen molar-refractivity contribution in [3.63, 3.8) is 0 Å². The van der Waals surface area contributed by atoms with Crippen LogP contribution >= 0.6 is 0 Å². The Bertz CT molecular complexity index is 1340. The second-order valence-electron chi connectivity index (χ2n) is 9.58. The standard InChI is InChI=1S/C29H32O6/c1-17(2)20-15-21-22(27(35-6)26(20)34-5)14-19-13-18(11-9-7-8-10-12-25(31)32)28(33)29(3,4)23(19)16-24(21)30/h13-17H,7-8,10,12H2,1-6H3,(H,31,32). The minimum absolute atomic E-state index is 0.106. The first kappa shape index (κ1) is 26.0. The van der Waals surface area contributed by atoms with Crippen molar-refractivity contribution in [2.75, 3.05) is 14.2 Å². The Morgan fingerprint density at radius 2 is 1.71 bits per heavy atom. The van der Waals surface area contributed by atoms with Crippen molar-refractivity contribution < 1.29 is 24.2 Å². The first-order valence-corrected chi connectivity index (χ1v) is 11.8. The van der Waals surface area contributed by atoms with Gasteiger partial charge in [-0.3, -0.25) is 14.4 Å². The van der Waals surface area contributed by atoms with Gasteiger partial charge >= 0.3 is 5.97 Å².